The van der Waals surface area contributed by atoms with Crippen LogP contribution in [0.15, 0.2) is 0 Å². The zero-order chi connectivity index (χ0) is 7.82. The molecule has 2 N–H and O–H groups in total. The fourth-order valence-electron chi connectivity index (χ4n) is 0.702. The fourth-order valence-corrected chi connectivity index (χ4v) is 1.50. The summed E-state index contributed by atoms with van der Waals surface area (Å²) in [6.45, 7) is 2.21. The molecule has 71 valence electrons. The molecule has 0 fully saturated rings. The minimum Gasteiger partial charge on any atom is -0.385 e. The smallest absolute Gasteiger partial charge is 0.131 e. The maximum atomic E-state index is 5.30. The van der Waals surface area contributed by atoms with Gasteiger partial charge in [-0.2, -0.15) is 0 Å². The molecule has 0 spiro atoms. The van der Waals surface area contributed by atoms with Gasteiger partial charge in [0.25, 0.3) is 0 Å². The van der Waals surface area contributed by atoms with E-state index < -0.39 is 0 Å². The van der Waals surface area contributed by atoms with E-state index >= 15 is 0 Å². The van der Waals surface area contributed by atoms with Crippen LogP contribution in [0.2, 0.25) is 0 Å². The largest absolute Gasteiger partial charge is 0.385 e. The van der Waals surface area contributed by atoms with Crippen LogP contribution in [-0.2, 0) is 17.1 Å². The number of hydrogen-bond acceptors (Lipinski definition) is 2. The van der Waals surface area contributed by atoms with Gasteiger partial charge in [0.15, 0.2) is 0 Å². The number of hydrogen-bond donors (Lipinski definition) is 1. The number of unbranched alkanes of at least 4 members (excludes halogenated alkanes) is 3. The van der Waals surface area contributed by atoms with Gasteiger partial charge in [0.05, 0.1) is 0 Å². The van der Waals surface area contributed by atoms with Gasteiger partial charge in [0.1, 0.15) is 4.32 Å². The number of nitrogens with two attached hydrogens (primary N) is 1. The van der Waals surface area contributed by atoms with Crippen LogP contribution in [0.5, 0.6) is 0 Å². The van der Waals surface area contributed by atoms with E-state index in [1.165, 1.54) is 25.7 Å². The summed E-state index contributed by atoms with van der Waals surface area (Å²) in [5.74, 6) is 1.09. The predicted octanol–water partition coefficient (Wildman–Crippen LogP) is 2.54. The van der Waals surface area contributed by atoms with E-state index in [1.807, 2.05) is 0 Å². The number of rotatable bonds is 5. The van der Waals surface area contributed by atoms with E-state index in [1.54, 1.807) is 11.8 Å². The number of thiocarbonyl (C=S) groups is 1. The molecule has 4 heteroatoms. The minimum atomic E-state index is 0. The molecule has 0 saturated heterocycles. The molecule has 0 heterocycles. The average molecular weight is 241 g/mol. The minimum absolute atomic E-state index is 0. The third-order valence-electron chi connectivity index (χ3n) is 1.24. The third-order valence-corrected chi connectivity index (χ3v) is 2.37. The first-order chi connectivity index (χ1) is 4.77. The molecule has 0 bridgehead atoms. The molecule has 0 aromatic carbocycles. The van der Waals surface area contributed by atoms with Crippen molar-refractivity contribution in [2.75, 3.05) is 5.75 Å². The van der Waals surface area contributed by atoms with Gasteiger partial charge in [-0.15, -0.1) is 0 Å². The van der Waals surface area contributed by atoms with Crippen molar-refractivity contribution < 1.29 is 17.1 Å². The van der Waals surface area contributed by atoms with Crippen LogP contribution >= 0.6 is 24.0 Å². The van der Waals surface area contributed by atoms with Crippen LogP contribution in [0, 0.1) is 0 Å². The summed E-state index contributed by atoms with van der Waals surface area (Å²) in [7, 11) is 0. The van der Waals surface area contributed by atoms with Crippen molar-refractivity contribution in [2.45, 2.75) is 32.6 Å². The molecule has 0 aromatic heterocycles. The monoisotopic (exact) mass is 240 g/mol. The van der Waals surface area contributed by atoms with Crippen molar-refractivity contribution >= 4 is 28.3 Å². The van der Waals surface area contributed by atoms with Crippen molar-refractivity contribution in [3.63, 3.8) is 0 Å². The van der Waals surface area contributed by atoms with Gasteiger partial charge in [0.2, 0.25) is 0 Å². The maximum absolute atomic E-state index is 5.30. The van der Waals surface area contributed by atoms with Crippen molar-refractivity contribution in [1.29, 1.82) is 0 Å². The van der Waals surface area contributed by atoms with E-state index in [9.17, 15) is 0 Å². The van der Waals surface area contributed by atoms with E-state index in [0.717, 1.165) is 5.75 Å². The topological polar surface area (TPSA) is 26.0 Å². The van der Waals surface area contributed by atoms with Crippen molar-refractivity contribution in [3.05, 3.63) is 0 Å². The van der Waals surface area contributed by atoms with E-state index in [4.69, 9.17) is 18.0 Å². The summed E-state index contributed by atoms with van der Waals surface area (Å²) in [5, 5.41) is 0. The zero-order valence-corrected chi connectivity index (χ0v) is 9.31. The van der Waals surface area contributed by atoms with Crippen LogP contribution in [0.1, 0.15) is 32.6 Å². The van der Waals surface area contributed by atoms with Gasteiger partial charge in [-0.25, -0.2) is 0 Å². The van der Waals surface area contributed by atoms with Gasteiger partial charge in [-0.05, 0) is 6.42 Å². The summed E-state index contributed by atoms with van der Waals surface area (Å²) in [4.78, 5) is 0. The van der Waals surface area contributed by atoms with Crippen LogP contribution in [0.25, 0.3) is 0 Å². The Bertz CT molecular complexity index is 98.4. The van der Waals surface area contributed by atoms with Crippen LogP contribution in [0.4, 0.5) is 0 Å². The van der Waals surface area contributed by atoms with Crippen LogP contribution in [-0.4, -0.2) is 10.1 Å². The molecule has 0 unspecified atom stereocenters. The average Bonchev–Trinajstić information content (AvgIpc) is 1.87. The Hall–Kier alpha value is 0.759. The molecule has 0 aliphatic carbocycles. The van der Waals surface area contributed by atoms with Crippen LogP contribution in [0.3, 0.4) is 0 Å². The third kappa shape index (κ3) is 13.7. The van der Waals surface area contributed by atoms with E-state index in [0.29, 0.717) is 4.32 Å². The van der Waals surface area contributed by atoms with Crippen molar-refractivity contribution in [1.82, 2.24) is 0 Å². The molecule has 0 saturated carbocycles. The fraction of sp³-hybridized carbons (Fsp3) is 0.857. The molecule has 0 aromatic rings. The molecular weight excluding hydrogens is 226 g/mol. The predicted molar refractivity (Wildman–Crippen MR) is 53.4 cm³/mol. The summed E-state index contributed by atoms with van der Waals surface area (Å²) in [6.07, 6.45) is 5.18. The Labute approximate surface area is 89.3 Å². The Morgan fingerprint density at radius 3 is 2.45 bits per heavy atom. The summed E-state index contributed by atoms with van der Waals surface area (Å²) < 4.78 is 0.580. The molecule has 1 radical (unpaired) electrons. The van der Waals surface area contributed by atoms with Gasteiger partial charge in [-0.3, -0.25) is 0 Å². The Morgan fingerprint density at radius 2 is 2.00 bits per heavy atom. The van der Waals surface area contributed by atoms with Crippen LogP contribution < -0.4 is 5.73 Å². The second kappa shape index (κ2) is 10.8. The maximum Gasteiger partial charge on any atom is 0.131 e. The molecule has 1 nitrogen and oxygen atoms in total. The second-order valence-corrected chi connectivity index (χ2v) is 4.06. The van der Waals surface area contributed by atoms with Gasteiger partial charge in [-0.1, -0.05) is 50.2 Å². The summed E-state index contributed by atoms with van der Waals surface area (Å²) in [6, 6.07) is 0. The molecule has 11 heavy (non-hydrogen) atoms. The zero-order valence-electron chi connectivity index (χ0n) is 6.73. The molecule has 0 amide bonds. The first-order valence-corrected chi connectivity index (χ1v) is 5.09. The molecular formula is C7H15CuNS2. The van der Waals surface area contributed by atoms with Crippen molar-refractivity contribution in [2.24, 2.45) is 5.73 Å². The Morgan fingerprint density at radius 1 is 1.36 bits per heavy atom. The Balaban J connectivity index is 0. The SMILES string of the molecule is CCCCCCSC(N)=S.[Cu]. The molecule has 0 atom stereocenters. The molecule has 0 aliphatic heterocycles. The standard InChI is InChI=1S/C7H15NS2.Cu/c1-2-3-4-5-6-10-7(8)9;/h2-6H2,1H3,(H2,8,9);. The van der Waals surface area contributed by atoms with Gasteiger partial charge in [0, 0.05) is 22.8 Å². The first-order valence-electron chi connectivity index (χ1n) is 3.69. The second-order valence-electron chi connectivity index (χ2n) is 2.23. The number of thioether (sulfide) groups is 1. The van der Waals surface area contributed by atoms with Gasteiger partial charge >= 0.3 is 0 Å². The first kappa shape index (κ1) is 14.3. The Kier molecular flexibility index (Phi) is 14.0. The molecule has 0 aliphatic rings. The molecule has 0 rings (SSSR count). The summed E-state index contributed by atoms with van der Waals surface area (Å²) >= 11 is 6.31. The summed E-state index contributed by atoms with van der Waals surface area (Å²) in [5.41, 5.74) is 5.30. The van der Waals surface area contributed by atoms with Crippen molar-refractivity contribution in [3.8, 4) is 0 Å². The van der Waals surface area contributed by atoms with E-state index in [-0.39, 0.29) is 17.1 Å². The van der Waals surface area contributed by atoms with Gasteiger partial charge < -0.3 is 5.73 Å². The van der Waals surface area contributed by atoms with E-state index in [2.05, 4.69) is 6.92 Å². The quantitative estimate of drug-likeness (QED) is 0.455. The normalized spacial score (nSPS) is 8.82.